The van der Waals surface area contributed by atoms with E-state index in [1.807, 2.05) is 36.4 Å². The zero-order chi connectivity index (χ0) is 15.4. The molecule has 1 aromatic carbocycles. The molecule has 1 aliphatic heterocycles. The van der Waals surface area contributed by atoms with Crippen LogP contribution in [-0.4, -0.2) is 29.6 Å². The molecule has 0 amide bonds. The second kappa shape index (κ2) is 8.29. The van der Waals surface area contributed by atoms with Gasteiger partial charge < -0.3 is 10.0 Å². The van der Waals surface area contributed by atoms with Gasteiger partial charge in [0.15, 0.2) is 0 Å². The van der Waals surface area contributed by atoms with Crippen molar-refractivity contribution in [2.75, 3.05) is 19.6 Å². The first kappa shape index (κ1) is 18.5. The Labute approximate surface area is 149 Å². The minimum Gasteiger partial charge on any atom is -0.379 e. The van der Waals surface area contributed by atoms with Gasteiger partial charge in [-0.3, -0.25) is 0 Å². The fourth-order valence-electron chi connectivity index (χ4n) is 3.52. The molecule has 0 aliphatic carbocycles. The number of halogens is 1. The van der Waals surface area contributed by atoms with Crippen LogP contribution in [0.4, 0.5) is 0 Å². The van der Waals surface area contributed by atoms with Gasteiger partial charge in [0.25, 0.3) is 0 Å². The molecule has 2 heterocycles. The molecular formula is C19H26ClNOS. The first-order valence-corrected chi connectivity index (χ1v) is 9.13. The molecule has 2 nitrogen and oxygen atoms in total. The van der Waals surface area contributed by atoms with Crippen molar-refractivity contribution in [2.24, 2.45) is 5.92 Å². The maximum absolute atomic E-state index is 11.6. The van der Waals surface area contributed by atoms with Crippen LogP contribution < -0.4 is 0 Å². The van der Waals surface area contributed by atoms with Crippen molar-refractivity contribution >= 4 is 23.7 Å². The Bertz CT molecular complexity index is 568. The lowest BCUT2D eigenvalue weighted by atomic mass is 9.80. The van der Waals surface area contributed by atoms with Crippen LogP contribution in [-0.2, 0) is 5.60 Å². The molecule has 1 fully saturated rings. The molecule has 23 heavy (non-hydrogen) atoms. The van der Waals surface area contributed by atoms with E-state index in [2.05, 4.69) is 23.3 Å². The molecule has 1 aliphatic rings. The first-order valence-electron chi connectivity index (χ1n) is 8.25. The van der Waals surface area contributed by atoms with Gasteiger partial charge in [0.1, 0.15) is 5.60 Å². The Balaban J connectivity index is 0.00000192. The van der Waals surface area contributed by atoms with E-state index in [-0.39, 0.29) is 18.3 Å². The minimum absolute atomic E-state index is 0. The van der Waals surface area contributed by atoms with Gasteiger partial charge in [-0.15, -0.1) is 23.7 Å². The van der Waals surface area contributed by atoms with Crippen molar-refractivity contribution in [3.63, 3.8) is 0 Å². The number of piperidine rings is 1. The molecule has 3 rings (SSSR count). The number of benzene rings is 1. The number of hydrogen-bond acceptors (Lipinski definition) is 3. The van der Waals surface area contributed by atoms with Gasteiger partial charge in [0, 0.05) is 17.3 Å². The highest BCUT2D eigenvalue weighted by Crippen LogP contribution is 2.39. The molecule has 0 spiro atoms. The Morgan fingerprint density at radius 1 is 1.09 bits per heavy atom. The van der Waals surface area contributed by atoms with Crippen LogP contribution in [0.1, 0.15) is 36.6 Å². The van der Waals surface area contributed by atoms with Crippen molar-refractivity contribution in [3.05, 3.63) is 58.3 Å². The van der Waals surface area contributed by atoms with Crippen LogP contribution in [0, 0.1) is 5.92 Å². The zero-order valence-corrected chi connectivity index (χ0v) is 15.3. The summed E-state index contributed by atoms with van der Waals surface area (Å²) in [7, 11) is 0. The molecule has 2 unspecified atom stereocenters. The summed E-state index contributed by atoms with van der Waals surface area (Å²) in [6, 6.07) is 14.2. The summed E-state index contributed by atoms with van der Waals surface area (Å²) in [5.41, 5.74) is 0.106. The normalized spacial score (nSPS) is 19.6. The van der Waals surface area contributed by atoms with Crippen molar-refractivity contribution in [2.45, 2.75) is 31.8 Å². The van der Waals surface area contributed by atoms with Crippen molar-refractivity contribution in [1.82, 2.24) is 4.90 Å². The van der Waals surface area contributed by atoms with E-state index in [4.69, 9.17) is 0 Å². The lowest BCUT2D eigenvalue weighted by Gasteiger charge is -2.38. The van der Waals surface area contributed by atoms with Crippen LogP contribution in [0.5, 0.6) is 0 Å². The second-order valence-electron chi connectivity index (χ2n) is 6.37. The molecule has 2 aromatic rings. The van der Waals surface area contributed by atoms with Gasteiger partial charge in [-0.2, -0.15) is 0 Å². The summed E-state index contributed by atoms with van der Waals surface area (Å²) in [5.74, 6) is 0.159. The monoisotopic (exact) mass is 351 g/mol. The lowest BCUT2D eigenvalue weighted by molar-refractivity contribution is 0.00795. The number of hydrogen-bond donors (Lipinski definition) is 1. The third kappa shape index (κ3) is 3.97. The topological polar surface area (TPSA) is 23.5 Å². The molecule has 2 atom stereocenters. The van der Waals surface area contributed by atoms with Gasteiger partial charge in [-0.05, 0) is 42.9 Å². The van der Waals surface area contributed by atoms with Gasteiger partial charge >= 0.3 is 0 Å². The average molecular weight is 352 g/mol. The third-order valence-electron chi connectivity index (χ3n) is 4.80. The summed E-state index contributed by atoms with van der Waals surface area (Å²) in [6.07, 6.45) is 3.92. The Morgan fingerprint density at radius 2 is 1.78 bits per heavy atom. The summed E-state index contributed by atoms with van der Waals surface area (Å²) in [6.45, 7) is 5.46. The Kier molecular flexibility index (Phi) is 6.66. The van der Waals surface area contributed by atoms with Crippen molar-refractivity contribution in [3.8, 4) is 0 Å². The second-order valence-corrected chi connectivity index (χ2v) is 7.32. The molecule has 126 valence electrons. The van der Waals surface area contributed by atoms with Crippen LogP contribution in [0.15, 0.2) is 47.8 Å². The smallest absolute Gasteiger partial charge is 0.127 e. The summed E-state index contributed by atoms with van der Waals surface area (Å²) >= 11 is 1.65. The van der Waals surface area contributed by atoms with Crippen LogP contribution in [0.3, 0.4) is 0 Å². The predicted octanol–water partition coefficient (Wildman–Crippen LogP) is 4.53. The summed E-state index contributed by atoms with van der Waals surface area (Å²) in [4.78, 5) is 3.55. The SMILES string of the molecule is CC(CN1CCCCC1)C(O)(c1ccccc1)c1cccs1.Cl. The van der Waals surface area contributed by atoms with Crippen LogP contribution in [0.2, 0.25) is 0 Å². The zero-order valence-electron chi connectivity index (χ0n) is 13.6. The summed E-state index contributed by atoms with van der Waals surface area (Å²) < 4.78 is 0. The predicted molar refractivity (Wildman–Crippen MR) is 100 cm³/mol. The number of nitrogens with zero attached hydrogens (tertiary/aromatic N) is 1. The Morgan fingerprint density at radius 3 is 2.39 bits per heavy atom. The quantitative estimate of drug-likeness (QED) is 0.855. The van der Waals surface area contributed by atoms with E-state index in [0.717, 1.165) is 17.0 Å². The average Bonchev–Trinajstić information content (AvgIpc) is 3.11. The molecule has 0 saturated carbocycles. The van der Waals surface area contributed by atoms with Gasteiger partial charge in [-0.25, -0.2) is 0 Å². The van der Waals surface area contributed by atoms with Crippen LogP contribution in [0.25, 0.3) is 0 Å². The fraction of sp³-hybridized carbons (Fsp3) is 0.474. The number of thiophene rings is 1. The standard InChI is InChI=1S/C19H25NOS.ClH/c1-16(15-20-12-6-3-7-13-20)19(21,18-11-8-14-22-18)17-9-4-2-5-10-17;/h2,4-5,8-11,14,16,21H,3,6-7,12-13,15H2,1H3;1H. The molecule has 1 aromatic heterocycles. The first-order chi connectivity index (χ1) is 10.7. The fourth-order valence-corrected chi connectivity index (χ4v) is 4.48. The highest BCUT2D eigenvalue weighted by molar-refractivity contribution is 7.10. The van der Waals surface area contributed by atoms with E-state index in [1.54, 1.807) is 11.3 Å². The molecule has 1 saturated heterocycles. The largest absolute Gasteiger partial charge is 0.379 e. The third-order valence-corrected chi connectivity index (χ3v) is 5.80. The Hall–Kier alpha value is -0.870. The molecular weight excluding hydrogens is 326 g/mol. The van der Waals surface area contributed by atoms with Gasteiger partial charge in [0.05, 0.1) is 0 Å². The van der Waals surface area contributed by atoms with Gasteiger partial charge in [-0.1, -0.05) is 49.7 Å². The molecule has 0 radical (unpaired) electrons. The number of aliphatic hydroxyl groups is 1. The number of rotatable bonds is 5. The molecule has 0 bridgehead atoms. The molecule has 4 heteroatoms. The van der Waals surface area contributed by atoms with E-state index in [9.17, 15) is 5.11 Å². The van der Waals surface area contributed by atoms with E-state index < -0.39 is 5.60 Å². The van der Waals surface area contributed by atoms with Crippen LogP contribution >= 0.6 is 23.7 Å². The lowest BCUT2D eigenvalue weighted by Crippen LogP contribution is -2.43. The highest BCUT2D eigenvalue weighted by atomic mass is 35.5. The molecule has 1 N–H and O–H groups in total. The highest BCUT2D eigenvalue weighted by Gasteiger charge is 2.39. The minimum atomic E-state index is -0.896. The maximum atomic E-state index is 11.6. The number of likely N-dealkylation sites (tertiary alicyclic amines) is 1. The van der Waals surface area contributed by atoms with E-state index in [0.29, 0.717) is 0 Å². The maximum Gasteiger partial charge on any atom is 0.127 e. The van der Waals surface area contributed by atoms with Crippen molar-refractivity contribution < 1.29 is 5.11 Å². The van der Waals surface area contributed by atoms with Crippen molar-refractivity contribution in [1.29, 1.82) is 0 Å². The van der Waals surface area contributed by atoms with E-state index in [1.165, 1.54) is 32.4 Å². The van der Waals surface area contributed by atoms with Gasteiger partial charge in [0.2, 0.25) is 0 Å². The summed E-state index contributed by atoms with van der Waals surface area (Å²) in [5, 5.41) is 13.7. The van der Waals surface area contributed by atoms with E-state index >= 15 is 0 Å².